The van der Waals surface area contributed by atoms with E-state index in [4.69, 9.17) is 15.8 Å². The van der Waals surface area contributed by atoms with Gasteiger partial charge in [0.05, 0.1) is 34.9 Å². The fraction of sp³-hybridized carbons (Fsp3) is 0.100. The first-order valence-electron chi connectivity index (χ1n) is 3.58. The Labute approximate surface area is 76.1 Å². The van der Waals surface area contributed by atoms with E-state index in [2.05, 4.69) is 0 Å². The van der Waals surface area contributed by atoms with Gasteiger partial charge in [-0.05, 0) is 24.6 Å². The molecule has 3 nitrogen and oxygen atoms in total. The van der Waals surface area contributed by atoms with Crippen LogP contribution in [0.15, 0.2) is 12.1 Å². The van der Waals surface area contributed by atoms with Crippen LogP contribution < -0.4 is 0 Å². The zero-order valence-corrected chi connectivity index (χ0v) is 7.00. The molecule has 1 rings (SSSR count). The van der Waals surface area contributed by atoms with Gasteiger partial charge in [-0.1, -0.05) is 0 Å². The molecule has 0 aliphatic heterocycles. The zero-order chi connectivity index (χ0) is 9.84. The highest BCUT2D eigenvalue weighted by Gasteiger charge is 2.05. The lowest BCUT2D eigenvalue weighted by Crippen LogP contribution is -1.90. The highest BCUT2D eigenvalue weighted by molar-refractivity contribution is 5.52. The van der Waals surface area contributed by atoms with Crippen molar-refractivity contribution in [3.8, 4) is 18.2 Å². The lowest BCUT2D eigenvalue weighted by molar-refractivity contribution is 1.33. The molecule has 1 aromatic rings. The summed E-state index contributed by atoms with van der Waals surface area (Å²) in [5.41, 5.74) is 1.74. The van der Waals surface area contributed by atoms with Crippen LogP contribution in [0.1, 0.15) is 22.3 Å². The van der Waals surface area contributed by atoms with Crippen molar-refractivity contribution in [3.63, 3.8) is 0 Å². The second kappa shape index (κ2) is 3.39. The predicted molar refractivity (Wildman–Crippen MR) is 45.3 cm³/mol. The predicted octanol–water partition coefficient (Wildman–Crippen LogP) is 1.61. The van der Waals surface area contributed by atoms with E-state index in [0.717, 1.165) is 0 Å². The van der Waals surface area contributed by atoms with E-state index in [1.807, 2.05) is 18.2 Å². The average Bonchev–Trinajstić information content (AvgIpc) is 2.18. The van der Waals surface area contributed by atoms with Crippen LogP contribution in [0, 0.1) is 40.9 Å². The molecule has 0 atom stereocenters. The summed E-state index contributed by atoms with van der Waals surface area (Å²) in [6.45, 7) is 1.69. The van der Waals surface area contributed by atoms with Gasteiger partial charge in [-0.25, -0.2) is 0 Å². The van der Waals surface area contributed by atoms with E-state index in [0.29, 0.717) is 22.3 Å². The molecule has 0 aliphatic carbocycles. The third-order valence-corrected chi connectivity index (χ3v) is 1.78. The number of hydrogen-bond acceptors (Lipinski definition) is 3. The van der Waals surface area contributed by atoms with Crippen LogP contribution in [0.4, 0.5) is 0 Å². The standard InChI is InChI=1S/C10H5N3/c1-7-9(5-12)2-8(4-11)3-10(7)6-13/h2-3H,1H3. The largest absolute Gasteiger partial charge is 0.192 e. The maximum atomic E-state index is 8.69. The molecule has 0 aliphatic rings. The Hall–Kier alpha value is -2.31. The van der Waals surface area contributed by atoms with Gasteiger partial charge in [0.1, 0.15) is 0 Å². The van der Waals surface area contributed by atoms with E-state index >= 15 is 0 Å². The monoisotopic (exact) mass is 167 g/mol. The summed E-state index contributed by atoms with van der Waals surface area (Å²) < 4.78 is 0. The highest BCUT2D eigenvalue weighted by atomic mass is 14.3. The van der Waals surface area contributed by atoms with E-state index in [1.54, 1.807) is 6.92 Å². The van der Waals surface area contributed by atoms with Gasteiger partial charge < -0.3 is 0 Å². The van der Waals surface area contributed by atoms with Crippen molar-refractivity contribution in [3.05, 3.63) is 34.4 Å². The summed E-state index contributed by atoms with van der Waals surface area (Å²) in [6.07, 6.45) is 0. The second-order valence-corrected chi connectivity index (χ2v) is 2.53. The molecule has 0 fully saturated rings. The average molecular weight is 167 g/mol. The molecule has 0 saturated heterocycles. The molecule has 0 spiro atoms. The molecule has 0 aromatic heterocycles. The van der Waals surface area contributed by atoms with Crippen LogP contribution in [0.5, 0.6) is 0 Å². The van der Waals surface area contributed by atoms with Crippen molar-refractivity contribution >= 4 is 0 Å². The topological polar surface area (TPSA) is 71.4 Å². The zero-order valence-electron chi connectivity index (χ0n) is 7.00. The maximum Gasteiger partial charge on any atom is 0.0995 e. The van der Waals surface area contributed by atoms with Crippen LogP contribution in [-0.2, 0) is 0 Å². The van der Waals surface area contributed by atoms with Gasteiger partial charge in [-0.2, -0.15) is 15.8 Å². The van der Waals surface area contributed by atoms with E-state index < -0.39 is 0 Å². The SMILES string of the molecule is Cc1c(C#N)cc(C#N)cc1C#N. The minimum atomic E-state index is 0.346. The lowest BCUT2D eigenvalue weighted by Gasteiger charge is -1.99. The van der Waals surface area contributed by atoms with Gasteiger partial charge in [0.25, 0.3) is 0 Å². The molecule has 60 valence electrons. The molecular weight excluding hydrogens is 162 g/mol. The summed E-state index contributed by atoms with van der Waals surface area (Å²) >= 11 is 0. The first-order chi connectivity index (χ1) is 6.22. The molecular formula is C10H5N3. The Morgan fingerprint density at radius 2 is 1.38 bits per heavy atom. The molecule has 0 amide bonds. The van der Waals surface area contributed by atoms with Crippen molar-refractivity contribution in [2.45, 2.75) is 6.92 Å². The number of hydrogen-bond donors (Lipinski definition) is 0. The van der Waals surface area contributed by atoms with Crippen LogP contribution in [0.3, 0.4) is 0 Å². The third-order valence-electron chi connectivity index (χ3n) is 1.78. The molecule has 3 heteroatoms. The second-order valence-electron chi connectivity index (χ2n) is 2.53. The highest BCUT2D eigenvalue weighted by Crippen LogP contribution is 2.14. The number of rotatable bonds is 0. The van der Waals surface area contributed by atoms with E-state index in [-0.39, 0.29) is 0 Å². The summed E-state index contributed by atoms with van der Waals surface area (Å²) in [6, 6.07) is 8.75. The van der Waals surface area contributed by atoms with Crippen LogP contribution >= 0.6 is 0 Å². The first kappa shape index (κ1) is 8.78. The quantitative estimate of drug-likeness (QED) is 0.589. The van der Waals surface area contributed by atoms with Crippen molar-refractivity contribution in [1.82, 2.24) is 0 Å². The van der Waals surface area contributed by atoms with Crippen molar-refractivity contribution in [1.29, 1.82) is 15.8 Å². The van der Waals surface area contributed by atoms with Gasteiger partial charge in [0.15, 0.2) is 0 Å². The summed E-state index contributed by atoms with van der Waals surface area (Å²) in [4.78, 5) is 0. The van der Waals surface area contributed by atoms with Crippen molar-refractivity contribution in [2.24, 2.45) is 0 Å². The maximum absolute atomic E-state index is 8.69. The van der Waals surface area contributed by atoms with Crippen LogP contribution in [0.25, 0.3) is 0 Å². The van der Waals surface area contributed by atoms with Crippen LogP contribution in [0.2, 0.25) is 0 Å². The summed E-state index contributed by atoms with van der Waals surface area (Å²) in [5, 5.41) is 26.0. The van der Waals surface area contributed by atoms with E-state index in [1.165, 1.54) is 12.1 Å². The summed E-state index contributed by atoms with van der Waals surface area (Å²) in [7, 11) is 0. The fourth-order valence-electron chi connectivity index (χ4n) is 1.01. The minimum Gasteiger partial charge on any atom is -0.192 e. The normalized spacial score (nSPS) is 8.15. The van der Waals surface area contributed by atoms with Crippen LogP contribution in [-0.4, -0.2) is 0 Å². The smallest absolute Gasteiger partial charge is 0.0995 e. The van der Waals surface area contributed by atoms with Gasteiger partial charge >= 0.3 is 0 Å². The Morgan fingerprint density at radius 3 is 1.69 bits per heavy atom. The van der Waals surface area contributed by atoms with E-state index in [9.17, 15) is 0 Å². The molecule has 0 heterocycles. The van der Waals surface area contributed by atoms with Crippen molar-refractivity contribution < 1.29 is 0 Å². The lowest BCUT2D eigenvalue weighted by atomic mass is 10.0. The van der Waals surface area contributed by atoms with Gasteiger partial charge in [0.2, 0.25) is 0 Å². The van der Waals surface area contributed by atoms with Crippen molar-refractivity contribution in [2.75, 3.05) is 0 Å². The Morgan fingerprint density at radius 1 is 0.923 bits per heavy atom. The summed E-state index contributed by atoms with van der Waals surface area (Å²) in [5.74, 6) is 0. The fourth-order valence-corrected chi connectivity index (χ4v) is 1.01. The minimum absolute atomic E-state index is 0.346. The number of nitrogens with zero attached hydrogens (tertiary/aromatic N) is 3. The molecule has 0 radical (unpaired) electrons. The van der Waals surface area contributed by atoms with Gasteiger partial charge in [-0.15, -0.1) is 0 Å². The molecule has 0 unspecified atom stereocenters. The first-order valence-corrected chi connectivity index (χ1v) is 3.58. The third kappa shape index (κ3) is 1.48. The Bertz CT molecular complexity index is 431. The Kier molecular flexibility index (Phi) is 2.29. The molecule has 0 saturated carbocycles. The molecule has 0 N–H and O–H groups in total. The number of nitriles is 3. The van der Waals surface area contributed by atoms with Gasteiger partial charge in [-0.3, -0.25) is 0 Å². The van der Waals surface area contributed by atoms with Gasteiger partial charge in [0, 0.05) is 0 Å². The molecule has 0 bridgehead atoms. The molecule has 1 aromatic carbocycles. The number of benzene rings is 1. The molecule has 13 heavy (non-hydrogen) atoms. The Balaban J connectivity index is 3.53.